The second-order valence-corrected chi connectivity index (χ2v) is 9.62. The molecule has 3 rings (SSSR count). The summed E-state index contributed by atoms with van der Waals surface area (Å²) in [6.45, 7) is 5.82. The Morgan fingerprint density at radius 2 is 1.97 bits per heavy atom. The summed E-state index contributed by atoms with van der Waals surface area (Å²) >= 11 is 1.54. The van der Waals surface area contributed by atoms with Crippen LogP contribution in [0, 0.1) is 0 Å². The summed E-state index contributed by atoms with van der Waals surface area (Å²) in [7, 11) is 0. The first-order valence-corrected chi connectivity index (χ1v) is 11.4. The molecule has 0 saturated carbocycles. The van der Waals surface area contributed by atoms with Crippen molar-refractivity contribution in [3.8, 4) is 5.75 Å². The Bertz CT molecular complexity index is 1090. The topological polar surface area (TPSA) is 77.8 Å². The number of carbonyl (C=O) groups is 1. The van der Waals surface area contributed by atoms with Crippen molar-refractivity contribution in [2.24, 2.45) is 0 Å². The fraction of sp³-hybridized carbons (Fsp3) is 0.318. The molecule has 2 aromatic carbocycles. The van der Waals surface area contributed by atoms with E-state index in [1.165, 1.54) is 0 Å². The summed E-state index contributed by atoms with van der Waals surface area (Å²) in [6.07, 6.45) is 1.95. The Morgan fingerprint density at radius 1 is 1.23 bits per heavy atom. The molecule has 0 aliphatic heterocycles. The number of rotatable bonds is 8. The number of fused-ring (bicyclic) bond motifs is 1. The minimum Gasteiger partial charge on any atom is -0.489 e. The van der Waals surface area contributed by atoms with Gasteiger partial charge in [0.1, 0.15) is 17.2 Å². The second-order valence-electron chi connectivity index (χ2n) is 7.27. The van der Waals surface area contributed by atoms with Crippen LogP contribution < -0.4 is 4.74 Å². The van der Waals surface area contributed by atoms with Gasteiger partial charge in [-0.05, 0) is 50.6 Å². The van der Waals surface area contributed by atoms with Crippen LogP contribution >= 0.6 is 15.9 Å². The van der Waals surface area contributed by atoms with Gasteiger partial charge >= 0.3 is 5.97 Å². The van der Waals surface area contributed by atoms with Crippen LogP contribution in [0.2, 0.25) is 0 Å². The highest BCUT2D eigenvalue weighted by atomic mass is 79.9. The minimum absolute atomic E-state index is 0.145. The summed E-state index contributed by atoms with van der Waals surface area (Å²) in [5.41, 5.74) is 2.48. The van der Waals surface area contributed by atoms with E-state index in [9.17, 15) is 13.6 Å². The van der Waals surface area contributed by atoms with E-state index in [0.717, 1.165) is 26.5 Å². The van der Waals surface area contributed by atoms with Gasteiger partial charge in [0.15, 0.2) is 11.1 Å². The molecule has 0 bridgehead atoms. The zero-order valence-electron chi connectivity index (χ0n) is 17.1. The lowest BCUT2D eigenvalue weighted by atomic mass is 10.1. The van der Waals surface area contributed by atoms with E-state index in [1.54, 1.807) is 25.3 Å². The molecule has 0 saturated heterocycles. The van der Waals surface area contributed by atoms with Crippen LogP contribution in [-0.4, -0.2) is 25.9 Å². The summed E-state index contributed by atoms with van der Waals surface area (Å²) < 4.78 is 35.3. The number of carbonyl (C=O) groups excluding carboxylic acids is 1. The molecule has 0 spiro atoms. The van der Waals surface area contributed by atoms with Crippen molar-refractivity contribution < 1.29 is 23.0 Å². The smallest absolute Gasteiger partial charge is 0.310 e. The molecule has 3 aromatic rings. The number of ether oxygens (including phenoxy) is 2. The standard InChI is InChI=1S/C22H24BrNO5S/c1-4-28-21(25)13-16-7-5-6-8-20(16)29-14-15-11-18(23)17-9-10-24(19(17)12-15)22(2,3)30(26)27/h5-12H,4,13-14H2,1-3H3,(H,26,27). The Labute approximate surface area is 186 Å². The van der Waals surface area contributed by atoms with Crippen LogP contribution in [-0.2, 0) is 38.5 Å². The molecule has 0 aliphatic carbocycles. The molecule has 1 aromatic heterocycles. The molecule has 1 heterocycles. The lowest BCUT2D eigenvalue weighted by Gasteiger charge is -2.24. The van der Waals surface area contributed by atoms with Gasteiger partial charge in [-0.2, -0.15) is 0 Å². The number of nitrogens with zero attached hydrogens (tertiary/aromatic N) is 1. The van der Waals surface area contributed by atoms with Crippen molar-refractivity contribution in [1.29, 1.82) is 0 Å². The first-order valence-electron chi connectivity index (χ1n) is 9.51. The van der Waals surface area contributed by atoms with Crippen molar-refractivity contribution >= 4 is 43.9 Å². The van der Waals surface area contributed by atoms with E-state index in [4.69, 9.17) is 9.47 Å². The van der Waals surface area contributed by atoms with Crippen molar-refractivity contribution in [1.82, 2.24) is 4.57 Å². The van der Waals surface area contributed by atoms with Gasteiger partial charge in [0.05, 0.1) is 18.5 Å². The predicted molar refractivity (Wildman–Crippen MR) is 121 cm³/mol. The molecule has 8 heteroatoms. The van der Waals surface area contributed by atoms with E-state index in [-0.39, 0.29) is 19.0 Å². The van der Waals surface area contributed by atoms with E-state index < -0.39 is 16.0 Å². The number of aromatic nitrogens is 1. The van der Waals surface area contributed by atoms with Gasteiger partial charge in [-0.25, -0.2) is 4.21 Å². The van der Waals surface area contributed by atoms with Gasteiger partial charge in [-0.15, -0.1) is 0 Å². The van der Waals surface area contributed by atoms with E-state index in [1.807, 2.05) is 48.7 Å². The molecule has 1 atom stereocenters. The van der Waals surface area contributed by atoms with Crippen molar-refractivity contribution in [2.45, 2.75) is 38.7 Å². The molecule has 6 nitrogen and oxygen atoms in total. The fourth-order valence-corrected chi connectivity index (χ4v) is 4.16. The quantitative estimate of drug-likeness (QED) is 0.352. The average molecular weight is 494 g/mol. The van der Waals surface area contributed by atoms with Gasteiger partial charge in [-0.1, -0.05) is 34.1 Å². The SMILES string of the molecule is CCOC(=O)Cc1ccccc1OCc1cc(Br)c2ccn(C(C)(C)S(=O)O)c2c1. The van der Waals surface area contributed by atoms with Crippen LogP contribution in [0.15, 0.2) is 53.1 Å². The van der Waals surface area contributed by atoms with Gasteiger partial charge in [-0.3, -0.25) is 4.79 Å². The van der Waals surface area contributed by atoms with Gasteiger partial charge in [0, 0.05) is 21.6 Å². The van der Waals surface area contributed by atoms with E-state index in [2.05, 4.69) is 15.9 Å². The van der Waals surface area contributed by atoms with Gasteiger partial charge in [0.2, 0.25) is 0 Å². The molecule has 0 fully saturated rings. The number of hydrogen-bond donors (Lipinski definition) is 1. The highest BCUT2D eigenvalue weighted by Crippen LogP contribution is 2.32. The number of hydrogen-bond acceptors (Lipinski definition) is 4. The molecular weight excluding hydrogens is 470 g/mol. The van der Waals surface area contributed by atoms with Crippen molar-refractivity contribution in [3.63, 3.8) is 0 Å². The zero-order chi connectivity index (χ0) is 21.9. The molecule has 160 valence electrons. The van der Waals surface area contributed by atoms with Gasteiger partial charge < -0.3 is 18.6 Å². The third-order valence-electron chi connectivity index (χ3n) is 4.83. The monoisotopic (exact) mass is 493 g/mol. The van der Waals surface area contributed by atoms with Crippen LogP contribution in [0.25, 0.3) is 10.9 Å². The largest absolute Gasteiger partial charge is 0.489 e. The third-order valence-corrected chi connectivity index (χ3v) is 6.54. The van der Waals surface area contributed by atoms with Crippen LogP contribution in [0.4, 0.5) is 0 Å². The lowest BCUT2D eigenvalue weighted by molar-refractivity contribution is -0.142. The summed E-state index contributed by atoms with van der Waals surface area (Å²) in [6, 6.07) is 13.2. The molecule has 0 radical (unpaired) electrons. The molecule has 0 amide bonds. The van der Waals surface area contributed by atoms with Crippen molar-refractivity contribution in [3.05, 3.63) is 64.3 Å². The second kappa shape index (κ2) is 9.32. The number of para-hydroxylation sites is 1. The number of halogens is 1. The molecule has 1 unspecified atom stereocenters. The lowest BCUT2D eigenvalue weighted by Crippen LogP contribution is -2.30. The van der Waals surface area contributed by atoms with Gasteiger partial charge in [0.25, 0.3) is 0 Å². The van der Waals surface area contributed by atoms with Crippen LogP contribution in [0.1, 0.15) is 31.9 Å². The van der Waals surface area contributed by atoms with Crippen molar-refractivity contribution in [2.75, 3.05) is 6.61 Å². The summed E-state index contributed by atoms with van der Waals surface area (Å²) in [5.74, 6) is 0.323. The highest BCUT2D eigenvalue weighted by Gasteiger charge is 2.28. The Kier molecular flexibility index (Phi) is 7.00. The summed E-state index contributed by atoms with van der Waals surface area (Å²) in [5, 5.41) is 0.944. The first-order chi connectivity index (χ1) is 14.2. The Morgan fingerprint density at radius 3 is 2.67 bits per heavy atom. The normalized spacial score (nSPS) is 12.7. The fourth-order valence-electron chi connectivity index (χ4n) is 3.21. The first kappa shape index (κ1) is 22.5. The maximum absolute atomic E-state index is 11.9. The van der Waals surface area contributed by atoms with E-state index >= 15 is 0 Å². The molecule has 30 heavy (non-hydrogen) atoms. The molecule has 1 N–H and O–H groups in total. The molecular formula is C22H24BrNO5S. The molecule has 0 aliphatic rings. The maximum Gasteiger partial charge on any atom is 0.310 e. The third kappa shape index (κ3) is 4.77. The number of esters is 1. The Hall–Kier alpha value is -2.16. The van der Waals surface area contributed by atoms with Crippen LogP contribution in [0.3, 0.4) is 0 Å². The Balaban J connectivity index is 1.87. The average Bonchev–Trinajstić information content (AvgIpc) is 3.12. The maximum atomic E-state index is 11.9. The highest BCUT2D eigenvalue weighted by molar-refractivity contribution is 9.10. The zero-order valence-corrected chi connectivity index (χ0v) is 19.5. The minimum atomic E-state index is -2.05. The summed E-state index contributed by atoms with van der Waals surface area (Å²) in [4.78, 5) is 10.9. The number of benzene rings is 2. The predicted octanol–water partition coefficient (Wildman–Crippen LogP) is 5.00. The van der Waals surface area contributed by atoms with Crippen LogP contribution in [0.5, 0.6) is 5.75 Å². The van der Waals surface area contributed by atoms with E-state index in [0.29, 0.717) is 12.4 Å².